The van der Waals surface area contributed by atoms with Crippen LogP contribution in [0.1, 0.15) is 38.7 Å². The predicted octanol–water partition coefficient (Wildman–Crippen LogP) is 2.62. The maximum absolute atomic E-state index is 13.5. The van der Waals surface area contributed by atoms with Crippen LogP contribution in [0.5, 0.6) is 5.75 Å². The SMILES string of the molecule is CCOc1ccc(C2=C(N3CCCC(C)C3)C(=O)N(CCCN3CCOCC3)C2=O)cc1. The lowest BCUT2D eigenvalue weighted by Gasteiger charge is -2.33. The van der Waals surface area contributed by atoms with E-state index in [0.717, 1.165) is 76.5 Å². The number of carbonyl (C=O) groups is 2. The molecule has 4 rings (SSSR count). The van der Waals surface area contributed by atoms with Crippen LogP contribution in [0.25, 0.3) is 5.57 Å². The lowest BCUT2D eigenvalue weighted by Crippen LogP contribution is -2.41. The number of hydrogen-bond donors (Lipinski definition) is 0. The van der Waals surface area contributed by atoms with E-state index in [9.17, 15) is 9.59 Å². The van der Waals surface area contributed by atoms with Gasteiger partial charge in [-0.25, -0.2) is 0 Å². The minimum absolute atomic E-state index is 0.144. The van der Waals surface area contributed by atoms with Gasteiger partial charge in [-0.3, -0.25) is 19.4 Å². The average Bonchev–Trinajstić information content (AvgIpc) is 3.05. The third kappa shape index (κ3) is 4.99. The van der Waals surface area contributed by atoms with Crippen molar-refractivity contribution in [2.24, 2.45) is 5.92 Å². The van der Waals surface area contributed by atoms with Crippen molar-refractivity contribution in [3.63, 3.8) is 0 Å². The van der Waals surface area contributed by atoms with E-state index >= 15 is 0 Å². The smallest absolute Gasteiger partial charge is 0.277 e. The molecule has 2 amide bonds. The number of benzene rings is 1. The molecule has 7 nitrogen and oxygen atoms in total. The van der Waals surface area contributed by atoms with E-state index in [1.165, 1.54) is 4.90 Å². The first kappa shape index (κ1) is 22.8. The van der Waals surface area contributed by atoms with Crippen LogP contribution in [-0.4, -0.2) is 85.6 Å². The summed E-state index contributed by atoms with van der Waals surface area (Å²) < 4.78 is 11.0. The molecular formula is C25H35N3O4. The van der Waals surface area contributed by atoms with Gasteiger partial charge in [0.05, 0.1) is 25.4 Å². The first-order chi connectivity index (χ1) is 15.6. The summed E-state index contributed by atoms with van der Waals surface area (Å²) in [4.78, 5) is 32.9. The molecule has 1 atom stereocenters. The highest BCUT2D eigenvalue weighted by Gasteiger charge is 2.42. The second kappa shape index (κ2) is 10.5. The minimum atomic E-state index is -0.172. The molecule has 2 fully saturated rings. The molecule has 7 heteroatoms. The Hall–Kier alpha value is -2.38. The van der Waals surface area contributed by atoms with Crippen LogP contribution in [0.3, 0.4) is 0 Å². The van der Waals surface area contributed by atoms with Gasteiger partial charge in [-0.05, 0) is 49.8 Å². The Bertz CT molecular complexity index is 845. The fourth-order valence-corrected chi connectivity index (χ4v) is 4.87. The number of amides is 2. The van der Waals surface area contributed by atoms with Crippen molar-refractivity contribution in [1.29, 1.82) is 0 Å². The van der Waals surface area contributed by atoms with Crippen molar-refractivity contribution in [3.8, 4) is 5.75 Å². The van der Waals surface area contributed by atoms with Crippen LogP contribution in [0, 0.1) is 5.92 Å². The number of piperidine rings is 1. The van der Waals surface area contributed by atoms with Crippen molar-refractivity contribution < 1.29 is 19.1 Å². The normalized spacial score (nSPS) is 22.8. The number of imide groups is 1. The van der Waals surface area contributed by atoms with Gasteiger partial charge in [-0.2, -0.15) is 0 Å². The zero-order valence-electron chi connectivity index (χ0n) is 19.3. The Morgan fingerprint density at radius 3 is 2.47 bits per heavy atom. The second-order valence-corrected chi connectivity index (χ2v) is 8.94. The van der Waals surface area contributed by atoms with E-state index in [4.69, 9.17) is 9.47 Å². The molecule has 0 aromatic heterocycles. The van der Waals surface area contributed by atoms with Crippen LogP contribution in [0.2, 0.25) is 0 Å². The molecule has 0 bridgehead atoms. The molecule has 32 heavy (non-hydrogen) atoms. The third-order valence-corrected chi connectivity index (χ3v) is 6.53. The summed E-state index contributed by atoms with van der Waals surface area (Å²) in [6.45, 7) is 11.0. The highest BCUT2D eigenvalue weighted by molar-refractivity contribution is 6.35. The zero-order chi connectivity index (χ0) is 22.5. The number of morpholine rings is 1. The van der Waals surface area contributed by atoms with Crippen molar-refractivity contribution in [2.75, 3.05) is 59.1 Å². The Morgan fingerprint density at radius 1 is 1.03 bits per heavy atom. The Balaban J connectivity index is 1.55. The third-order valence-electron chi connectivity index (χ3n) is 6.53. The molecule has 2 saturated heterocycles. The molecule has 0 aliphatic carbocycles. The van der Waals surface area contributed by atoms with E-state index < -0.39 is 0 Å². The summed E-state index contributed by atoms with van der Waals surface area (Å²) in [5, 5.41) is 0. The van der Waals surface area contributed by atoms with Crippen LogP contribution < -0.4 is 4.74 Å². The van der Waals surface area contributed by atoms with E-state index in [1.807, 2.05) is 31.2 Å². The summed E-state index contributed by atoms with van der Waals surface area (Å²) in [5.74, 6) is 0.963. The highest BCUT2D eigenvalue weighted by atomic mass is 16.5. The Kier molecular flexibility index (Phi) is 7.48. The van der Waals surface area contributed by atoms with Crippen molar-refractivity contribution in [2.45, 2.75) is 33.1 Å². The fourth-order valence-electron chi connectivity index (χ4n) is 4.87. The van der Waals surface area contributed by atoms with Gasteiger partial charge in [-0.15, -0.1) is 0 Å². The van der Waals surface area contributed by atoms with Gasteiger partial charge in [0.25, 0.3) is 11.8 Å². The number of nitrogens with zero attached hydrogens (tertiary/aromatic N) is 3. The van der Waals surface area contributed by atoms with E-state index in [1.54, 1.807) is 0 Å². The monoisotopic (exact) mass is 441 g/mol. The Labute approximate surface area is 190 Å². The standard InChI is InChI=1S/C25H35N3O4/c1-3-32-21-9-7-20(8-10-21)22-23(27-12-4-6-19(2)18-27)25(30)28(24(22)29)13-5-11-26-14-16-31-17-15-26/h7-10,19H,3-6,11-18H2,1-2H3. The van der Waals surface area contributed by atoms with Gasteiger partial charge in [0, 0.05) is 39.3 Å². The van der Waals surface area contributed by atoms with Gasteiger partial charge >= 0.3 is 0 Å². The van der Waals surface area contributed by atoms with Gasteiger partial charge in [0.1, 0.15) is 11.4 Å². The number of hydrogen-bond acceptors (Lipinski definition) is 6. The van der Waals surface area contributed by atoms with Gasteiger partial charge in [-0.1, -0.05) is 19.1 Å². The maximum atomic E-state index is 13.5. The van der Waals surface area contributed by atoms with Gasteiger partial charge in [0.2, 0.25) is 0 Å². The van der Waals surface area contributed by atoms with Crippen LogP contribution in [0.15, 0.2) is 30.0 Å². The predicted molar refractivity (Wildman–Crippen MR) is 123 cm³/mol. The lowest BCUT2D eigenvalue weighted by atomic mass is 9.97. The van der Waals surface area contributed by atoms with Gasteiger partial charge < -0.3 is 14.4 Å². The molecule has 1 aromatic carbocycles. The minimum Gasteiger partial charge on any atom is -0.494 e. The second-order valence-electron chi connectivity index (χ2n) is 8.94. The summed E-state index contributed by atoms with van der Waals surface area (Å²) >= 11 is 0. The molecule has 3 aliphatic heterocycles. The summed E-state index contributed by atoms with van der Waals surface area (Å²) in [7, 11) is 0. The molecule has 3 aliphatic rings. The zero-order valence-corrected chi connectivity index (χ0v) is 19.3. The molecule has 0 radical (unpaired) electrons. The molecule has 1 unspecified atom stereocenters. The van der Waals surface area contributed by atoms with E-state index in [-0.39, 0.29) is 11.8 Å². The molecular weight excluding hydrogens is 406 g/mol. The molecule has 0 spiro atoms. The van der Waals surface area contributed by atoms with Crippen molar-refractivity contribution in [3.05, 3.63) is 35.5 Å². The fraction of sp³-hybridized carbons (Fsp3) is 0.600. The van der Waals surface area contributed by atoms with E-state index in [2.05, 4.69) is 16.7 Å². The van der Waals surface area contributed by atoms with Crippen LogP contribution in [0.4, 0.5) is 0 Å². The van der Waals surface area contributed by atoms with E-state index in [0.29, 0.717) is 30.3 Å². The maximum Gasteiger partial charge on any atom is 0.277 e. The van der Waals surface area contributed by atoms with Crippen molar-refractivity contribution in [1.82, 2.24) is 14.7 Å². The average molecular weight is 442 g/mol. The molecule has 0 N–H and O–H groups in total. The molecule has 1 aromatic rings. The topological polar surface area (TPSA) is 62.3 Å². The lowest BCUT2D eigenvalue weighted by molar-refractivity contribution is -0.137. The number of rotatable bonds is 8. The summed E-state index contributed by atoms with van der Waals surface area (Å²) in [5.41, 5.74) is 1.91. The quantitative estimate of drug-likeness (QED) is 0.578. The highest BCUT2D eigenvalue weighted by Crippen LogP contribution is 2.34. The first-order valence-electron chi connectivity index (χ1n) is 12.0. The number of carbonyl (C=O) groups excluding carboxylic acids is 2. The van der Waals surface area contributed by atoms with Gasteiger partial charge in [0.15, 0.2) is 0 Å². The number of ether oxygens (including phenoxy) is 2. The van der Waals surface area contributed by atoms with Crippen LogP contribution >= 0.6 is 0 Å². The molecule has 174 valence electrons. The summed E-state index contributed by atoms with van der Waals surface area (Å²) in [6, 6.07) is 7.55. The first-order valence-corrected chi connectivity index (χ1v) is 12.0. The number of likely N-dealkylation sites (tertiary alicyclic amines) is 1. The van der Waals surface area contributed by atoms with Crippen molar-refractivity contribution >= 4 is 17.4 Å². The van der Waals surface area contributed by atoms with Crippen LogP contribution in [-0.2, 0) is 14.3 Å². The molecule has 3 heterocycles. The molecule has 0 saturated carbocycles. The largest absolute Gasteiger partial charge is 0.494 e. The Morgan fingerprint density at radius 2 is 1.78 bits per heavy atom. The summed E-state index contributed by atoms with van der Waals surface area (Å²) in [6.07, 6.45) is 2.98.